The van der Waals surface area contributed by atoms with E-state index < -0.39 is 5.97 Å². The Hall–Kier alpha value is -4.09. The largest absolute Gasteiger partial charge is 0.489 e. The van der Waals surface area contributed by atoms with Crippen molar-refractivity contribution in [3.63, 3.8) is 0 Å². The molecule has 5 nitrogen and oxygen atoms in total. The monoisotopic (exact) mass is 592 g/mol. The molecule has 4 aromatic carbocycles. The molecule has 1 aliphatic carbocycles. The van der Waals surface area contributed by atoms with Gasteiger partial charge in [-0.3, -0.25) is 0 Å². The van der Waals surface area contributed by atoms with E-state index in [-0.39, 0.29) is 11.0 Å². The number of hydrogen-bond acceptors (Lipinski definition) is 3. The van der Waals surface area contributed by atoms with Crippen LogP contribution in [0.3, 0.4) is 0 Å². The molecule has 0 unspecified atom stereocenters. The molecule has 0 spiro atoms. The molecule has 0 bridgehead atoms. The molecule has 0 aliphatic heterocycles. The molecule has 1 aliphatic rings. The number of carboxylic acids is 1. The quantitative estimate of drug-likeness (QED) is 0.204. The second kappa shape index (κ2) is 11.9. The van der Waals surface area contributed by atoms with Gasteiger partial charge in [0.15, 0.2) is 0 Å². The number of imidazole rings is 1. The van der Waals surface area contributed by atoms with Crippen LogP contribution in [0.25, 0.3) is 33.5 Å². The Balaban J connectivity index is 1.26. The molecule has 6 heteroatoms. The van der Waals surface area contributed by atoms with Gasteiger partial charge in [-0.1, -0.05) is 82.0 Å². The Bertz CT molecular complexity index is 1760. The Morgan fingerprint density at radius 3 is 2.28 bits per heavy atom. The van der Waals surface area contributed by atoms with E-state index in [1.807, 2.05) is 42.5 Å². The molecule has 0 saturated heterocycles. The highest BCUT2D eigenvalue weighted by Gasteiger charge is 2.23. The van der Waals surface area contributed by atoms with Gasteiger partial charge in [0.2, 0.25) is 0 Å². The lowest BCUT2D eigenvalue weighted by Crippen LogP contribution is -2.14. The van der Waals surface area contributed by atoms with E-state index in [9.17, 15) is 9.90 Å². The summed E-state index contributed by atoms with van der Waals surface area (Å²) in [6.07, 6.45) is 5.83. The first-order valence-corrected chi connectivity index (χ1v) is 15.4. The molecular formula is C37H37ClN2O3. The minimum atomic E-state index is -0.943. The minimum absolute atomic E-state index is 0.0956. The van der Waals surface area contributed by atoms with Crippen molar-refractivity contribution in [1.29, 1.82) is 0 Å². The highest BCUT2D eigenvalue weighted by Crippen LogP contribution is 2.37. The fourth-order valence-electron chi connectivity index (χ4n) is 6.12. The maximum absolute atomic E-state index is 11.6. The van der Waals surface area contributed by atoms with Gasteiger partial charge in [-0.15, -0.1) is 0 Å². The van der Waals surface area contributed by atoms with Crippen LogP contribution >= 0.6 is 11.6 Å². The summed E-state index contributed by atoms with van der Waals surface area (Å²) in [6.45, 7) is 7.04. The highest BCUT2D eigenvalue weighted by molar-refractivity contribution is 6.30. The molecule has 5 aromatic rings. The van der Waals surface area contributed by atoms with Crippen molar-refractivity contribution in [3.8, 4) is 28.3 Å². The average molecular weight is 593 g/mol. The molecule has 0 amide bonds. The third kappa shape index (κ3) is 6.18. The molecule has 43 heavy (non-hydrogen) atoms. The number of benzene rings is 4. The van der Waals surface area contributed by atoms with Gasteiger partial charge in [0.05, 0.1) is 16.6 Å². The minimum Gasteiger partial charge on any atom is -0.489 e. The van der Waals surface area contributed by atoms with Crippen LogP contribution in [0.4, 0.5) is 0 Å². The van der Waals surface area contributed by atoms with E-state index in [0.29, 0.717) is 23.2 Å². The fourth-order valence-corrected chi connectivity index (χ4v) is 6.31. The van der Waals surface area contributed by atoms with Crippen LogP contribution < -0.4 is 4.74 Å². The number of carboxylic acid groups (broad SMARTS) is 1. The fraction of sp³-hybridized carbons (Fsp3) is 0.297. The molecule has 1 saturated carbocycles. The lowest BCUT2D eigenvalue weighted by atomic mass is 9.86. The number of halogens is 1. The summed E-state index contributed by atoms with van der Waals surface area (Å²) in [6, 6.07) is 28.3. The standard InChI is InChI=1S/C37H37ClN2O3/c1-37(2,3)28-14-9-24(10-15-28)32-19-16-29(38)21-27(32)23-43-31-17-11-25(12-18-31)35-39-33-22-26(36(41)42)13-20-34(33)40(35)30-7-5-4-6-8-30/h9-22,30H,4-8,23H2,1-3H3,(H,41,42). The van der Waals surface area contributed by atoms with Gasteiger partial charge in [0, 0.05) is 16.6 Å². The highest BCUT2D eigenvalue weighted by atomic mass is 35.5. The molecule has 1 heterocycles. The number of aromatic carboxylic acids is 1. The third-order valence-corrected chi connectivity index (χ3v) is 8.75. The van der Waals surface area contributed by atoms with E-state index in [1.165, 1.54) is 24.8 Å². The Morgan fingerprint density at radius 1 is 0.907 bits per heavy atom. The summed E-state index contributed by atoms with van der Waals surface area (Å²) in [5.41, 5.74) is 7.57. The summed E-state index contributed by atoms with van der Waals surface area (Å²) in [5, 5.41) is 10.2. The normalized spacial score (nSPS) is 14.2. The van der Waals surface area contributed by atoms with E-state index in [0.717, 1.165) is 52.2 Å². The number of rotatable bonds is 7. The van der Waals surface area contributed by atoms with Gasteiger partial charge in [-0.25, -0.2) is 9.78 Å². The Kier molecular flexibility index (Phi) is 8.02. The third-order valence-electron chi connectivity index (χ3n) is 8.51. The summed E-state index contributed by atoms with van der Waals surface area (Å²) >= 11 is 6.40. The Labute approximate surface area is 258 Å². The van der Waals surface area contributed by atoms with Crippen molar-refractivity contribution in [3.05, 3.63) is 107 Å². The molecule has 1 N–H and O–H groups in total. The lowest BCUT2D eigenvalue weighted by molar-refractivity contribution is 0.0697. The van der Waals surface area contributed by atoms with Crippen molar-refractivity contribution in [1.82, 2.24) is 9.55 Å². The van der Waals surface area contributed by atoms with Gasteiger partial charge in [-0.2, -0.15) is 0 Å². The van der Waals surface area contributed by atoms with Crippen molar-refractivity contribution < 1.29 is 14.6 Å². The van der Waals surface area contributed by atoms with Crippen molar-refractivity contribution in [2.24, 2.45) is 0 Å². The van der Waals surface area contributed by atoms with E-state index >= 15 is 0 Å². The number of fused-ring (bicyclic) bond motifs is 1. The summed E-state index contributed by atoms with van der Waals surface area (Å²) in [4.78, 5) is 16.6. The zero-order valence-electron chi connectivity index (χ0n) is 24.9. The van der Waals surface area contributed by atoms with Crippen molar-refractivity contribution in [2.45, 2.75) is 70.9 Å². The molecule has 6 rings (SSSR count). The average Bonchev–Trinajstić information content (AvgIpc) is 3.39. The van der Waals surface area contributed by atoms with Gasteiger partial charge < -0.3 is 14.4 Å². The lowest BCUT2D eigenvalue weighted by Gasteiger charge is -2.25. The number of aromatic nitrogens is 2. The molecule has 0 atom stereocenters. The SMILES string of the molecule is CC(C)(C)c1ccc(-c2ccc(Cl)cc2COc2ccc(-c3nc4cc(C(=O)O)ccc4n3C3CCCCC3)cc2)cc1. The molecule has 0 radical (unpaired) electrons. The topological polar surface area (TPSA) is 64.3 Å². The van der Waals surface area contributed by atoms with Gasteiger partial charge in [0.25, 0.3) is 0 Å². The zero-order chi connectivity index (χ0) is 30.1. The Morgan fingerprint density at radius 2 is 1.60 bits per heavy atom. The summed E-state index contributed by atoms with van der Waals surface area (Å²) in [5.74, 6) is 0.681. The summed E-state index contributed by atoms with van der Waals surface area (Å²) < 4.78 is 8.59. The van der Waals surface area contributed by atoms with Crippen LogP contribution in [-0.4, -0.2) is 20.6 Å². The first-order chi connectivity index (χ1) is 20.7. The van der Waals surface area contributed by atoms with Crippen LogP contribution in [0.5, 0.6) is 5.75 Å². The second-order valence-corrected chi connectivity index (χ2v) is 13.0. The molecule has 1 aromatic heterocycles. The maximum Gasteiger partial charge on any atom is 0.335 e. The first-order valence-electron chi connectivity index (χ1n) is 15.1. The number of nitrogens with zero attached hydrogens (tertiary/aromatic N) is 2. The second-order valence-electron chi connectivity index (χ2n) is 12.5. The van der Waals surface area contributed by atoms with Crippen LogP contribution in [0.1, 0.15) is 80.4 Å². The first kappa shape index (κ1) is 29.0. The zero-order valence-corrected chi connectivity index (χ0v) is 25.7. The van der Waals surface area contributed by atoms with E-state index in [2.05, 4.69) is 55.7 Å². The summed E-state index contributed by atoms with van der Waals surface area (Å²) in [7, 11) is 0. The van der Waals surface area contributed by atoms with Gasteiger partial charge in [0.1, 0.15) is 18.2 Å². The van der Waals surface area contributed by atoms with Crippen LogP contribution in [0.15, 0.2) is 84.9 Å². The predicted octanol–water partition coefficient (Wildman–Crippen LogP) is 10.1. The molecule has 1 fully saturated rings. The van der Waals surface area contributed by atoms with Crippen molar-refractivity contribution >= 4 is 28.6 Å². The van der Waals surface area contributed by atoms with Crippen LogP contribution in [0, 0.1) is 0 Å². The number of carbonyl (C=O) groups is 1. The van der Waals surface area contributed by atoms with Crippen LogP contribution in [-0.2, 0) is 12.0 Å². The maximum atomic E-state index is 11.6. The van der Waals surface area contributed by atoms with Gasteiger partial charge >= 0.3 is 5.97 Å². The van der Waals surface area contributed by atoms with E-state index in [4.69, 9.17) is 21.3 Å². The number of hydrogen-bond donors (Lipinski definition) is 1. The smallest absolute Gasteiger partial charge is 0.335 e. The molecule has 220 valence electrons. The van der Waals surface area contributed by atoms with Crippen LogP contribution in [0.2, 0.25) is 5.02 Å². The van der Waals surface area contributed by atoms with E-state index in [1.54, 1.807) is 12.1 Å². The predicted molar refractivity (Wildman–Crippen MR) is 174 cm³/mol. The number of ether oxygens (including phenoxy) is 1. The molecular weight excluding hydrogens is 556 g/mol. The van der Waals surface area contributed by atoms with Crippen molar-refractivity contribution in [2.75, 3.05) is 0 Å². The van der Waals surface area contributed by atoms with Gasteiger partial charge in [-0.05, 0) is 95.1 Å².